The number of aliphatic hydroxyl groups is 2. The molecule has 2 fully saturated rings. The Morgan fingerprint density at radius 3 is 2.18 bits per heavy atom. The molecule has 0 saturated heterocycles. The lowest BCUT2D eigenvalue weighted by Gasteiger charge is -2.43. The smallest absolute Gasteiger partial charge is 0.303 e. The third-order valence-corrected chi connectivity index (χ3v) is 12.1. The topological polar surface area (TPSA) is 87.0 Å². The number of rotatable bonds is 8. The number of carboxylic acids is 1. The van der Waals surface area contributed by atoms with Gasteiger partial charge < -0.3 is 19.7 Å². The quantitative estimate of drug-likeness (QED) is 0.506. The van der Waals surface area contributed by atoms with Gasteiger partial charge in [0.15, 0.2) is 8.32 Å². The summed E-state index contributed by atoms with van der Waals surface area (Å²) in [6, 6.07) is 0. The van der Waals surface area contributed by atoms with Gasteiger partial charge in [-0.3, -0.25) is 4.79 Å². The zero-order chi connectivity index (χ0) is 21.1. The summed E-state index contributed by atoms with van der Waals surface area (Å²) in [5.74, 6) is -0.846. The molecule has 5 atom stereocenters. The van der Waals surface area contributed by atoms with Gasteiger partial charge in [0.25, 0.3) is 0 Å². The summed E-state index contributed by atoms with van der Waals surface area (Å²) in [6.07, 6.45) is 6.87. The summed E-state index contributed by atoms with van der Waals surface area (Å²) in [6.45, 7) is 11.4. The predicted molar refractivity (Wildman–Crippen MR) is 114 cm³/mol. The van der Waals surface area contributed by atoms with Gasteiger partial charge in [-0.15, -0.1) is 0 Å². The maximum atomic E-state index is 11.2. The summed E-state index contributed by atoms with van der Waals surface area (Å²) in [5, 5.41) is 30.0. The lowest BCUT2D eigenvalue weighted by atomic mass is 9.80. The van der Waals surface area contributed by atoms with Crippen LogP contribution in [0, 0.1) is 17.8 Å². The number of hydrogen-bond donors (Lipinski definition) is 3. The zero-order valence-electron chi connectivity index (χ0n) is 18.5. The maximum absolute atomic E-state index is 11.2. The highest BCUT2D eigenvalue weighted by Gasteiger charge is 2.44. The van der Waals surface area contributed by atoms with Crippen molar-refractivity contribution in [1.82, 2.24) is 0 Å². The third-order valence-electron chi connectivity index (χ3n) is 7.64. The molecule has 0 unspecified atom stereocenters. The van der Waals surface area contributed by atoms with E-state index in [-0.39, 0.29) is 29.4 Å². The highest BCUT2D eigenvalue weighted by Crippen LogP contribution is 2.43. The van der Waals surface area contributed by atoms with Gasteiger partial charge in [-0.2, -0.15) is 0 Å². The minimum atomic E-state index is -1.91. The Labute approximate surface area is 172 Å². The van der Waals surface area contributed by atoms with Crippen LogP contribution in [-0.4, -0.2) is 47.9 Å². The standard InChI is InChI=1S/C22H42O5Si/c1-22(2,3)28(4,5)27-20(15-9-7-6-8-10-15)12-11-16-17(13-21(25)26)19(24)14-18(16)23/h15-20,23-24H,6-14H2,1-5H3,(H,25,26)/t16-,17-,18-,19+,20-/m1/s1. The molecule has 6 heteroatoms. The first-order valence-corrected chi connectivity index (χ1v) is 14.1. The van der Waals surface area contributed by atoms with Gasteiger partial charge in [-0.05, 0) is 62.1 Å². The molecule has 0 aliphatic heterocycles. The predicted octanol–water partition coefficient (Wildman–Crippen LogP) is 4.57. The third kappa shape index (κ3) is 6.03. The molecular weight excluding hydrogens is 372 g/mol. The molecule has 2 aliphatic carbocycles. The van der Waals surface area contributed by atoms with Gasteiger partial charge in [0.2, 0.25) is 0 Å². The molecule has 164 valence electrons. The molecule has 2 aliphatic rings. The van der Waals surface area contributed by atoms with Gasteiger partial charge >= 0.3 is 5.97 Å². The summed E-state index contributed by atoms with van der Waals surface area (Å²) < 4.78 is 6.86. The first-order chi connectivity index (χ1) is 12.9. The fourth-order valence-corrected chi connectivity index (χ4v) is 6.29. The number of hydrogen-bond acceptors (Lipinski definition) is 4. The molecule has 2 rings (SSSR count). The van der Waals surface area contributed by atoms with Crippen LogP contribution in [-0.2, 0) is 9.22 Å². The van der Waals surface area contributed by atoms with Crippen molar-refractivity contribution >= 4 is 14.3 Å². The minimum Gasteiger partial charge on any atom is -0.481 e. The van der Waals surface area contributed by atoms with E-state index in [1.807, 2.05) is 0 Å². The van der Waals surface area contributed by atoms with Gasteiger partial charge in [0.1, 0.15) is 0 Å². The zero-order valence-corrected chi connectivity index (χ0v) is 19.5. The van der Waals surface area contributed by atoms with E-state index in [1.165, 1.54) is 32.1 Å². The molecule has 0 bridgehead atoms. The molecule has 2 saturated carbocycles. The van der Waals surface area contributed by atoms with Crippen molar-refractivity contribution in [1.29, 1.82) is 0 Å². The molecule has 0 amide bonds. The van der Waals surface area contributed by atoms with Gasteiger partial charge in [0.05, 0.1) is 18.6 Å². The monoisotopic (exact) mass is 414 g/mol. The van der Waals surface area contributed by atoms with Crippen molar-refractivity contribution in [3.05, 3.63) is 0 Å². The van der Waals surface area contributed by atoms with E-state index >= 15 is 0 Å². The first-order valence-electron chi connectivity index (χ1n) is 11.2. The lowest BCUT2D eigenvalue weighted by Crippen LogP contribution is -2.46. The highest BCUT2D eigenvalue weighted by molar-refractivity contribution is 6.74. The normalized spacial score (nSPS) is 31.1. The lowest BCUT2D eigenvalue weighted by molar-refractivity contribution is -0.139. The Balaban J connectivity index is 2.09. The average Bonchev–Trinajstić information content (AvgIpc) is 2.84. The van der Waals surface area contributed by atoms with E-state index in [4.69, 9.17) is 4.43 Å². The van der Waals surface area contributed by atoms with Gasteiger partial charge in [0, 0.05) is 12.0 Å². The van der Waals surface area contributed by atoms with E-state index in [2.05, 4.69) is 33.9 Å². The van der Waals surface area contributed by atoms with Crippen molar-refractivity contribution < 1.29 is 24.5 Å². The Bertz CT molecular complexity index is 510. The van der Waals surface area contributed by atoms with Crippen molar-refractivity contribution in [3.8, 4) is 0 Å². The largest absolute Gasteiger partial charge is 0.481 e. The summed E-state index contributed by atoms with van der Waals surface area (Å²) >= 11 is 0. The van der Waals surface area contributed by atoms with Crippen molar-refractivity contribution in [3.63, 3.8) is 0 Å². The second kappa shape index (κ2) is 9.58. The van der Waals surface area contributed by atoms with Crippen LogP contribution in [0.15, 0.2) is 0 Å². The molecule has 0 aromatic heterocycles. The Kier molecular flexibility index (Phi) is 8.16. The van der Waals surface area contributed by atoms with Crippen LogP contribution in [0.1, 0.15) is 78.6 Å². The highest BCUT2D eigenvalue weighted by atomic mass is 28.4. The second-order valence-corrected chi connectivity index (χ2v) is 15.4. The average molecular weight is 415 g/mol. The van der Waals surface area contributed by atoms with Crippen LogP contribution in [0.25, 0.3) is 0 Å². The van der Waals surface area contributed by atoms with Crippen LogP contribution in [0.2, 0.25) is 18.1 Å². The molecule has 5 nitrogen and oxygen atoms in total. The van der Waals surface area contributed by atoms with E-state index < -0.39 is 26.5 Å². The molecule has 0 aromatic carbocycles. The number of aliphatic hydroxyl groups excluding tert-OH is 2. The summed E-state index contributed by atoms with van der Waals surface area (Å²) in [5.41, 5.74) is 0. The molecule has 28 heavy (non-hydrogen) atoms. The fourth-order valence-electron chi connectivity index (χ4n) is 4.87. The van der Waals surface area contributed by atoms with Crippen LogP contribution in [0.3, 0.4) is 0 Å². The van der Waals surface area contributed by atoms with Crippen LogP contribution >= 0.6 is 0 Å². The first kappa shape index (κ1) is 23.8. The molecular formula is C22H42O5Si. The van der Waals surface area contributed by atoms with Crippen molar-refractivity contribution in [2.45, 2.75) is 115 Å². The van der Waals surface area contributed by atoms with E-state index in [1.54, 1.807) is 0 Å². The van der Waals surface area contributed by atoms with E-state index in [9.17, 15) is 20.1 Å². The van der Waals surface area contributed by atoms with E-state index in [0.717, 1.165) is 12.8 Å². The fraction of sp³-hybridized carbons (Fsp3) is 0.955. The second-order valence-electron chi connectivity index (χ2n) is 10.7. The van der Waals surface area contributed by atoms with Gasteiger partial charge in [-0.1, -0.05) is 40.0 Å². The van der Waals surface area contributed by atoms with Crippen LogP contribution in [0.5, 0.6) is 0 Å². The van der Waals surface area contributed by atoms with Crippen LogP contribution < -0.4 is 0 Å². The molecule has 0 heterocycles. The summed E-state index contributed by atoms with van der Waals surface area (Å²) in [7, 11) is -1.91. The van der Waals surface area contributed by atoms with Crippen LogP contribution in [0.4, 0.5) is 0 Å². The molecule has 3 N–H and O–H groups in total. The number of carboxylic acid groups (broad SMARTS) is 1. The van der Waals surface area contributed by atoms with Gasteiger partial charge in [-0.25, -0.2) is 0 Å². The Hall–Kier alpha value is -0.433. The Morgan fingerprint density at radius 2 is 1.64 bits per heavy atom. The molecule has 0 radical (unpaired) electrons. The number of carbonyl (C=O) groups is 1. The molecule has 0 spiro atoms. The Morgan fingerprint density at radius 1 is 1.07 bits per heavy atom. The maximum Gasteiger partial charge on any atom is 0.303 e. The minimum absolute atomic E-state index is 0.0694. The number of aliphatic carboxylic acids is 1. The van der Waals surface area contributed by atoms with E-state index in [0.29, 0.717) is 12.3 Å². The van der Waals surface area contributed by atoms with Crippen molar-refractivity contribution in [2.75, 3.05) is 0 Å². The SMILES string of the molecule is CC(C)(C)[Si](C)(C)O[C@H](CC[C@@H]1[C@@H](CC(=O)O)[C@@H](O)C[C@H]1O)C1CCCCC1. The van der Waals surface area contributed by atoms with Crippen molar-refractivity contribution in [2.24, 2.45) is 17.8 Å². The summed E-state index contributed by atoms with van der Waals surface area (Å²) in [4.78, 5) is 11.2. The molecule has 0 aromatic rings.